The van der Waals surface area contributed by atoms with Crippen LogP contribution < -0.4 is 0 Å². The van der Waals surface area contributed by atoms with E-state index < -0.39 is 0 Å². The number of benzene rings is 1. The van der Waals surface area contributed by atoms with E-state index in [0.29, 0.717) is 0 Å². The Labute approximate surface area is 74.6 Å². The summed E-state index contributed by atoms with van der Waals surface area (Å²) < 4.78 is 0. The van der Waals surface area contributed by atoms with Crippen molar-refractivity contribution in [3.8, 4) is 0 Å². The predicted molar refractivity (Wildman–Crippen MR) is 52.2 cm³/mol. The zero-order valence-electron chi connectivity index (χ0n) is 7.72. The molecule has 2 rings (SSSR count). The summed E-state index contributed by atoms with van der Waals surface area (Å²) in [5.74, 6) is 1.01. The molecule has 0 bridgehead atoms. The highest BCUT2D eigenvalue weighted by molar-refractivity contribution is 5.23. The van der Waals surface area contributed by atoms with Crippen LogP contribution in [-0.4, -0.2) is 0 Å². The first-order valence-corrected chi connectivity index (χ1v) is 4.96. The van der Waals surface area contributed by atoms with Gasteiger partial charge in [-0.25, -0.2) is 0 Å². The predicted octanol–water partition coefficient (Wildman–Crippen LogP) is 3.20. The third kappa shape index (κ3) is 1.88. The zero-order chi connectivity index (χ0) is 8.39. The Hall–Kier alpha value is -0.780. The third-order valence-electron chi connectivity index (χ3n) is 2.65. The summed E-state index contributed by atoms with van der Waals surface area (Å²) in [6, 6.07) is 9.10. The van der Waals surface area contributed by atoms with Gasteiger partial charge in [0.1, 0.15) is 0 Å². The van der Waals surface area contributed by atoms with Gasteiger partial charge < -0.3 is 0 Å². The van der Waals surface area contributed by atoms with Crippen LogP contribution in [0.4, 0.5) is 0 Å². The monoisotopic (exact) mass is 160 g/mol. The molecular formula is C12H16. The normalized spacial score (nSPS) is 16.4. The average molecular weight is 160 g/mol. The number of aryl methyl sites for hydroxylation is 1. The van der Waals surface area contributed by atoms with Gasteiger partial charge in [0.15, 0.2) is 0 Å². The van der Waals surface area contributed by atoms with E-state index in [4.69, 9.17) is 0 Å². The molecule has 0 saturated heterocycles. The van der Waals surface area contributed by atoms with Crippen molar-refractivity contribution >= 4 is 0 Å². The Morgan fingerprint density at radius 1 is 1.08 bits per heavy atom. The fourth-order valence-electron chi connectivity index (χ4n) is 1.57. The summed E-state index contributed by atoms with van der Waals surface area (Å²) in [6.07, 6.45) is 5.37. The van der Waals surface area contributed by atoms with Crippen molar-refractivity contribution < 1.29 is 0 Å². The van der Waals surface area contributed by atoms with E-state index in [1.54, 1.807) is 0 Å². The maximum absolute atomic E-state index is 2.29. The van der Waals surface area contributed by atoms with Crippen molar-refractivity contribution in [2.75, 3.05) is 0 Å². The molecule has 0 radical (unpaired) electrons. The molecule has 1 aliphatic rings. The lowest BCUT2D eigenvalue weighted by Gasteiger charge is -2.00. The van der Waals surface area contributed by atoms with Crippen molar-refractivity contribution in [2.24, 2.45) is 5.92 Å². The second-order valence-corrected chi connectivity index (χ2v) is 3.82. The van der Waals surface area contributed by atoms with Crippen molar-refractivity contribution in [1.82, 2.24) is 0 Å². The number of hydrogen-bond acceptors (Lipinski definition) is 0. The van der Waals surface area contributed by atoms with Crippen LogP contribution in [0.25, 0.3) is 0 Å². The average Bonchev–Trinajstić information content (AvgIpc) is 2.90. The first kappa shape index (κ1) is 7.85. The zero-order valence-corrected chi connectivity index (χ0v) is 7.72. The largest absolute Gasteiger partial charge is 0.0613 e. The molecule has 0 aromatic heterocycles. The Balaban J connectivity index is 2.02. The molecule has 0 heteroatoms. The molecule has 1 aliphatic carbocycles. The van der Waals surface area contributed by atoms with Crippen LogP contribution in [0.2, 0.25) is 0 Å². The van der Waals surface area contributed by atoms with Gasteiger partial charge in [0.25, 0.3) is 0 Å². The number of rotatable bonds is 3. The molecule has 0 unspecified atom stereocenters. The fourth-order valence-corrected chi connectivity index (χ4v) is 1.57. The highest BCUT2D eigenvalue weighted by atomic mass is 14.3. The van der Waals surface area contributed by atoms with E-state index >= 15 is 0 Å². The summed E-state index contributed by atoms with van der Waals surface area (Å²) in [7, 11) is 0. The molecule has 1 aromatic rings. The smallest absolute Gasteiger partial charge is 0.0250 e. The van der Waals surface area contributed by atoms with Crippen molar-refractivity contribution in [2.45, 2.75) is 32.6 Å². The maximum Gasteiger partial charge on any atom is -0.0250 e. The van der Waals surface area contributed by atoms with E-state index in [1.807, 2.05) is 0 Å². The van der Waals surface area contributed by atoms with Gasteiger partial charge in [0, 0.05) is 0 Å². The molecule has 1 fully saturated rings. The van der Waals surface area contributed by atoms with Crippen LogP contribution >= 0.6 is 0 Å². The molecule has 0 aliphatic heterocycles. The second kappa shape index (κ2) is 3.30. The van der Waals surface area contributed by atoms with Crippen LogP contribution in [0.5, 0.6) is 0 Å². The Kier molecular flexibility index (Phi) is 2.16. The van der Waals surface area contributed by atoms with Gasteiger partial charge in [-0.05, 0) is 42.7 Å². The fraction of sp³-hybridized carbons (Fsp3) is 0.500. The summed E-state index contributed by atoms with van der Waals surface area (Å²) in [6.45, 7) is 2.20. The molecule has 0 heterocycles. The topological polar surface area (TPSA) is 0 Å². The Bertz CT molecular complexity index is 241. The summed E-state index contributed by atoms with van der Waals surface area (Å²) in [4.78, 5) is 0. The molecular weight excluding hydrogens is 144 g/mol. The van der Waals surface area contributed by atoms with E-state index in [2.05, 4.69) is 31.2 Å². The summed E-state index contributed by atoms with van der Waals surface area (Å²) in [5, 5.41) is 0. The Morgan fingerprint density at radius 2 is 1.67 bits per heavy atom. The van der Waals surface area contributed by atoms with Crippen LogP contribution in [0.3, 0.4) is 0 Å². The van der Waals surface area contributed by atoms with Gasteiger partial charge in [0.05, 0.1) is 0 Å². The summed E-state index contributed by atoms with van der Waals surface area (Å²) >= 11 is 0. The van der Waals surface area contributed by atoms with Gasteiger partial charge in [0.2, 0.25) is 0 Å². The standard InChI is InChI=1S/C12H16/c1-2-10-3-5-11(6-4-10)9-12-7-8-12/h3-6,12H,2,7-9H2,1H3. The quantitative estimate of drug-likeness (QED) is 0.637. The van der Waals surface area contributed by atoms with Crippen LogP contribution in [0.1, 0.15) is 30.9 Å². The molecule has 64 valence electrons. The molecule has 1 aromatic carbocycles. The maximum atomic E-state index is 2.29. The first-order chi connectivity index (χ1) is 5.88. The van der Waals surface area contributed by atoms with Gasteiger partial charge in [-0.3, -0.25) is 0 Å². The first-order valence-electron chi connectivity index (χ1n) is 4.96. The lowest BCUT2D eigenvalue weighted by molar-refractivity contribution is 0.831. The minimum absolute atomic E-state index is 1.01. The highest BCUT2D eigenvalue weighted by Gasteiger charge is 2.20. The molecule has 0 atom stereocenters. The SMILES string of the molecule is CCc1ccc(CC2CC2)cc1. The van der Waals surface area contributed by atoms with Crippen LogP contribution in [0.15, 0.2) is 24.3 Å². The van der Waals surface area contributed by atoms with E-state index in [1.165, 1.54) is 30.4 Å². The lowest BCUT2D eigenvalue weighted by atomic mass is 10.1. The Morgan fingerprint density at radius 3 is 2.17 bits per heavy atom. The van der Waals surface area contributed by atoms with Crippen LogP contribution in [0, 0.1) is 5.92 Å². The minimum Gasteiger partial charge on any atom is -0.0613 e. The van der Waals surface area contributed by atoms with E-state index in [-0.39, 0.29) is 0 Å². The van der Waals surface area contributed by atoms with Gasteiger partial charge in [-0.2, -0.15) is 0 Å². The number of hydrogen-bond donors (Lipinski definition) is 0. The molecule has 1 saturated carbocycles. The van der Waals surface area contributed by atoms with Crippen LogP contribution in [-0.2, 0) is 12.8 Å². The van der Waals surface area contributed by atoms with E-state index in [9.17, 15) is 0 Å². The molecule has 0 nitrogen and oxygen atoms in total. The van der Waals surface area contributed by atoms with Crippen molar-refractivity contribution in [3.63, 3.8) is 0 Å². The minimum atomic E-state index is 1.01. The lowest BCUT2D eigenvalue weighted by Crippen LogP contribution is -1.87. The highest BCUT2D eigenvalue weighted by Crippen LogP contribution is 2.32. The van der Waals surface area contributed by atoms with Gasteiger partial charge in [-0.1, -0.05) is 31.2 Å². The molecule has 0 spiro atoms. The second-order valence-electron chi connectivity index (χ2n) is 3.82. The third-order valence-corrected chi connectivity index (χ3v) is 2.65. The summed E-state index contributed by atoms with van der Waals surface area (Å²) in [5.41, 5.74) is 2.98. The van der Waals surface area contributed by atoms with Crippen molar-refractivity contribution in [3.05, 3.63) is 35.4 Å². The molecule has 0 amide bonds. The van der Waals surface area contributed by atoms with Gasteiger partial charge in [-0.15, -0.1) is 0 Å². The van der Waals surface area contributed by atoms with Gasteiger partial charge >= 0.3 is 0 Å². The molecule has 12 heavy (non-hydrogen) atoms. The molecule has 0 N–H and O–H groups in total. The van der Waals surface area contributed by atoms with Crippen molar-refractivity contribution in [1.29, 1.82) is 0 Å². The van der Waals surface area contributed by atoms with E-state index in [0.717, 1.165) is 12.3 Å².